The monoisotopic (exact) mass is 240 g/mol. The summed E-state index contributed by atoms with van der Waals surface area (Å²) in [5.41, 5.74) is 1.76. The summed E-state index contributed by atoms with van der Waals surface area (Å²) in [6.07, 6.45) is 1.64. The first kappa shape index (κ1) is 10.3. The molecule has 1 N–H and O–H groups in total. The minimum Gasteiger partial charge on any atom is -0.365 e. The van der Waals surface area contributed by atoms with Crippen molar-refractivity contribution in [3.63, 3.8) is 0 Å². The number of nitrogens with zero attached hydrogens (tertiary/aromatic N) is 3. The SMILES string of the molecule is CNc1nc(C)c(-c2ccnc(Cl)n2)s1. The number of aromatic nitrogens is 3. The molecule has 0 aliphatic heterocycles. The topological polar surface area (TPSA) is 50.7 Å². The van der Waals surface area contributed by atoms with Gasteiger partial charge in [0.25, 0.3) is 0 Å². The lowest BCUT2D eigenvalue weighted by Crippen LogP contribution is -1.86. The minimum atomic E-state index is 0.256. The van der Waals surface area contributed by atoms with E-state index in [2.05, 4.69) is 20.3 Å². The molecule has 4 nitrogen and oxygen atoms in total. The van der Waals surface area contributed by atoms with E-state index in [0.717, 1.165) is 21.4 Å². The number of nitrogens with one attached hydrogen (secondary N) is 1. The van der Waals surface area contributed by atoms with Crippen LogP contribution in [0.1, 0.15) is 5.69 Å². The maximum Gasteiger partial charge on any atom is 0.222 e. The van der Waals surface area contributed by atoms with Crippen LogP contribution >= 0.6 is 22.9 Å². The summed E-state index contributed by atoms with van der Waals surface area (Å²) < 4.78 is 0. The number of hydrogen-bond acceptors (Lipinski definition) is 5. The van der Waals surface area contributed by atoms with Crippen molar-refractivity contribution in [1.82, 2.24) is 15.0 Å². The Kier molecular flexibility index (Phi) is 2.83. The van der Waals surface area contributed by atoms with Crippen LogP contribution in [0.2, 0.25) is 5.28 Å². The molecule has 0 saturated heterocycles. The molecule has 0 unspecified atom stereocenters. The summed E-state index contributed by atoms with van der Waals surface area (Å²) in [5.74, 6) is 0. The maximum absolute atomic E-state index is 5.73. The second kappa shape index (κ2) is 4.12. The highest BCUT2D eigenvalue weighted by Crippen LogP contribution is 2.31. The molecule has 6 heteroatoms. The van der Waals surface area contributed by atoms with E-state index in [1.54, 1.807) is 17.5 Å². The summed E-state index contributed by atoms with van der Waals surface area (Å²) in [4.78, 5) is 13.4. The number of aryl methyl sites for hydroxylation is 1. The van der Waals surface area contributed by atoms with Gasteiger partial charge in [0.15, 0.2) is 5.13 Å². The molecule has 0 aromatic carbocycles. The van der Waals surface area contributed by atoms with Gasteiger partial charge in [0.1, 0.15) is 0 Å². The summed E-state index contributed by atoms with van der Waals surface area (Å²) in [7, 11) is 1.84. The molecule has 0 atom stereocenters. The molecule has 0 bridgehead atoms. The predicted octanol–water partition coefficient (Wildman–Crippen LogP) is 2.60. The fraction of sp³-hybridized carbons (Fsp3) is 0.222. The smallest absolute Gasteiger partial charge is 0.222 e. The molecule has 0 saturated carbocycles. The van der Waals surface area contributed by atoms with E-state index < -0.39 is 0 Å². The Bertz CT molecular complexity index is 483. The second-order valence-electron chi connectivity index (χ2n) is 2.89. The van der Waals surface area contributed by atoms with Crippen molar-refractivity contribution in [1.29, 1.82) is 0 Å². The van der Waals surface area contributed by atoms with Gasteiger partial charge in [-0.2, -0.15) is 0 Å². The summed E-state index contributed by atoms with van der Waals surface area (Å²) in [5, 5.41) is 4.13. The third-order valence-electron chi connectivity index (χ3n) is 1.87. The Morgan fingerprint density at radius 3 is 2.80 bits per heavy atom. The first-order valence-corrected chi connectivity index (χ1v) is 5.54. The summed E-state index contributed by atoms with van der Waals surface area (Å²) in [6, 6.07) is 1.83. The molecule has 0 radical (unpaired) electrons. The minimum absolute atomic E-state index is 0.256. The molecule has 0 spiro atoms. The van der Waals surface area contributed by atoms with Gasteiger partial charge in [-0.05, 0) is 24.6 Å². The van der Waals surface area contributed by atoms with Gasteiger partial charge in [-0.15, -0.1) is 0 Å². The van der Waals surface area contributed by atoms with Crippen molar-refractivity contribution in [3.05, 3.63) is 23.2 Å². The molecule has 2 rings (SSSR count). The molecule has 2 aromatic heterocycles. The highest BCUT2D eigenvalue weighted by atomic mass is 35.5. The quantitative estimate of drug-likeness (QED) is 0.820. The Morgan fingerprint density at radius 1 is 1.40 bits per heavy atom. The zero-order valence-corrected chi connectivity index (χ0v) is 9.85. The van der Waals surface area contributed by atoms with Crippen molar-refractivity contribution in [2.75, 3.05) is 12.4 Å². The highest BCUT2D eigenvalue weighted by Gasteiger charge is 2.10. The summed E-state index contributed by atoms with van der Waals surface area (Å²) in [6.45, 7) is 1.95. The van der Waals surface area contributed by atoms with Crippen LogP contribution in [0.15, 0.2) is 12.3 Å². The van der Waals surface area contributed by atoms with Gasteiger partial charge in [-0.25, -0.2) is 15.0 Å². The largest absolute Gasteiger partial charge is 0.365 e. The predicted molar refractivity (Wildman–Crippen MR) is 62.4 cm³/mol. The van der Waals surface area contributed by atoms with Crippen LogP contribution in [0.25, 0.3) is 10.6 Å². The fourth-order valence-corrected chi connectivity index (χ4v) is 2.24. The Morgan fingerprint density at radius 2 is 2.20 bits per heavy atom. The lowest BCUT2D eigenvalue weighted by Gasteiger charge is -1.96. The third kappa shape index (κ3) is 2.08. The van der Waals surface area contributed by atoms with E-state index in [9.17, 15) is 0 Å². The molecular formula is C9H9ClN4S. The molecule has 0 amide bonds. The Hall–Kier alpha value is -1.20. The van der Waals surface area contributed by atoms with Crippen LogP contribution in [-0.2, 0) is 0 Å². The average Bonchev–Trinajstić information content (AvgIpc) is 2.60. The van der Waals surface area contributed by atoms with Gasteiger partial charge >= 0.3 is 0 Å². The van der Waals surface area contributed by atoms with Gasteiger partial charge in [-0.1, -0.05) is 11.3 Å². The van der Waals surface area contributed by atoms with E-state index in [1.807, 2.05) is 20.0 Å². The van der Waals surface area contributed by atoms with Crippen LogP contribution in [0.3, 0.4) is 0 Å². The fourth-order valence-electron chi connectivity index (χ4n) is 1.20. The lowest BCUT2D eigenvalue weighted by atomic mass is 10.3. The standard InChI is InChI=1S/C9H9ClN4S/c1-5-7(15-9(11-2)13-5)6-3-4-12-8(10)14-6/h3-4H,1-2H3,(H,11,13). The number of halogens is 1. The van der Waals surface area contributed by atoms with Crippen LogP contribution in [0.4, 0.5) is 5.13 Å². The van der Waals surface area contributed by atoms with Gasteiger partial charge in [0.05, 0.1) is 16.3 Å². The van der Waals surface area contributed by atoms with Gasteiger partial charge in [0, 0.05) is 13.2 Å². The average molecular weight is 241 g/mol. The van der Waals surface area contributed by atoms with Gasteiger partial charge < -0.3 is 5.32 Å². The highest BCUT2D eigenvalue weighted by molar-refractivity contribution is 7.19. The van der Waals surface area contributed by atoms with E-state index in [1.165, 1.54) is 0 Å². The number of hydrogen-bond donors (Lipinski definition) is 1. The van der Waals surface area contributed by atoms with E-state index >= 15 is 0 Å². The van der Waals surface area contributed by atoms with E-state index in [4.69, 9.17) is 11.6 Å². The number of thiazole rings is 1. The normalized spacial score (nSPS) is 10.3. The van der Waals surface area contributed by atoms with Gasteiger partial charge in [0.2, 0.25) is 5.28 Å². The van der Waals surface area contributed by atoms with Crippen LogP contribution in [0, 0.1) is 6.92 Å². The molecular weight excluding hydrogens is 232 g/mol. The summed E-state index contributed by atoms with van der Waals surface area (Å²) >= 11 is 7.28. The third-order valence-corrected chi connectivity index (χ3v) is 3.25. The zero-order chi connectivity index (χ0) is 10.8. The van der Waals surface area contributed by atoms with Crippen LogP contribution in [0.5, 0.6) is 0 Å². The van der Waals surface area contributed by atoms with Crippen molar-refractivity contribution in [3.8, 4) is 10.6 Å². The molecule has 78 valence electrons. The number of anilines is 1. The molecule has 0 fully saturated rings. The van der Waals surface area contributed by atoms with Crippen molar-refractivity contribution in [2.45, 2.75) is 6.92 Å². The van der Waals surface area contributed by atoms with Crippen LogP contribution in [-0.4, -0.2) is 22.0 Å². The molecule has 2 heterocycles. The van der Waals surface area contributed by atoms with E-state index in [0.29, 0.717) is 0 Å². The Balaban J connectivity index is 2.48. The van der Waals surface area contributed by atoms with E-state index in [-0.39, 0.29) is 5.28 Å². The molecule has 0 aliphatic carbocycles. The first-order chi connectivity index (χ1) is 7.20. The van der Waals surface area contributed by atoms with Gasteiger partial charge in [-0.3, -0.25) is 0 Å². The maximum atomic E-state index is 5.73. The molecule has 2 aromatic rings. The lowest BCUT2D eigenvalue weighted by molar-refractivity contribution is 1.17. The Labute approximate surface area is 96.4 Å². The first-order valence-electron chi connectivity index (χ1n) is 4.35. The zero-order valence-electron chi connectivity index (χ0n) is 8.28. The van der Waals surface area contributed by atoms with Crippen molar-refractivity contribution < 1.29 is 0 Å². The second-order valence-corrected chi connectivity index (χ2v) is 4.23. The van der Waals surface area contributed by atoms with Crippen molar-refractivity contribution >= 4 is 28.1 Å². The van der Waals surface area contributed by atoms with Crippen LogP contribution < -0.4 is 5.32 Å². The molecule has 15 heavy (non-hydrogen) atoms. The molecule has 0 aliphatic rings. The van der Waals surface area contributed by atoms with Crippen molar-refractivity contribution in [2.24, 2.45) is 0 Å². The number of rotatable bonds is 2.